The van der Waals surface area contributed by atoms with Crippen LogP contribution in [0.1, 0.15) is 22.9 Å². The van der Waals surface area contributed by atoms with Crippen LogP contribution in [0.4, 0.5) is 11.5 Å². The van der Waals surface area contributed by atoms with E-state index in [2.05, 4.69) is 20.4 Å². The van der Waals surface area contributed by atoms with Gasteiger partial charge in [0.05, 0.1) is 11.4 Å². The Balaban J connectivity index is 1.62. The SMILES string of the molecule is Cc1cc(NC(=O)C(O)c2cccc(Cl)c2)ccc1-n1nc(C)c2ncnc(N)c21. The molecular formula is C21H19ClN6O2. The molecule has 4 N–H and O–H groups in total. The van der Waals surface area contributed by atoms with Crippen molar-refractivity contribution in [2.24, 2.45) is 0 Å². The first-order valence-electron chi connectivity index (χ1n) is 9.16. The fourth-order valence-electron chi connectivity index (χ4n) is 3.30. The fourth-order valence-corrected chi connectivity index (χ4v) is 3.50. The summed E-state index contributed by atoms with van der Waals surface area (Å²) in [4.78, 5) is 20.8. The number of halogens is 1. The molecule has 1 unspecified atom stereocenters. The molecule has 0 spiro atoms. The fraction of sp³-hybridized carbons (Fsp3) is 0.143. The predicted molar refractivity (Wildman–Crippen MR) is 116 cm³/mol. The van der Waals surface area contributed by atoms with E-state index in [1.54, 1.807) is 41.1 Å². The summed E-state index contributed by atoms with van der Waals surface area (Å²) in [5, 5.41) is 18.0. The molecule has 2 heterocycles. The molecule has 0 aliphatic carbocycles. The summed E-state index contributed by atoms with van der Waals surface area (Å²) < 4.78 is 1.70. The lowest BCUT2D eigenvalue weighted by Gasteiger charge is -2.14. The number of nitrogens with zero attached hydrogens (tertiary/aromatic N) is 4. The topological polar surface area (TPSA) is 119 Å². The molecule has 0 aliphatic heterocycles. The molecule has 4 aromatic rings. The lowest BCUT2D eigenvalue weighted by atomic mass is 10.1. The molecule has 152 valence electrons. The van der Waals surface area contributed by atoms with Crippen molar-refractivity contribution in [1.82, 2.24) is 19.7 Å². The largest absolute Gasteiger partial charge is 0.382 e. The number of nitrogens with one attached hydrogen (secondary N) is 1. The molecule has 8 nitrogen and oxygen atoms in total. The van der Waals surface area contributed by atoms with Crippen molar-refractivity contribution >= 4 is 40.0 Å². The van der Waals surface area contributed by atoms with E-state index in [0.29, 0.717) is 33.1 Å². The van der Waals surface area contributed by atoms with Gasteiger partial charge in [0.2, 0.25) is 0 Å². The van der Waals surface area contributed by atoms with Gasteiger partial charge in [-0.1, -0.05) is 23.7 Å². The first-order valence-corrected chi connectivity index (χ1v) is 9.54. The second-order valence-corrected chi connectivity index (χ2v) is 7.34. The summed E-state index contributed by atoms with van der Waals surface area (Å²) in [5.74, 6) is -0.218. The number of fused-ring (bicyclic) bond motifs is 1. The van der Waals surface area contributed by atoms with Crippen LogP contribution in [0, 0.1) is 13.8 Å². The zero-order valence-electron chi connectivity index (χ0n) is 16.3. The smallest absolute Gasteiger partial charge is 0.257 e. The molecule has 2 aromatic carbocycles. The number of anilines is 2. The van der Waals surface area contributed by atoms with Crippen molar-refractivity contribution in [2.75, 3.05) is 11.1 Å². The third-order valence-corrected chi connectivity index (χ3v) is 5.00. The Morgan fingerprint density at radius 2 is 2.00 bits per heavy atom. The number of aryl methyl sites for hydroxylation is 2. The van der Waals surface area contributed by atoms with E-state index in [4.69, 9.17) is 17.3 Å². The van der Waals surface area contributed by atoms with Gasteiger partial charge in [0.1, 0.15) is 17.4 Å². The molecule has 9 heteroatoms. The predicted octanol–water partition coefficient (Wildman–Crippen LogP) is 3.34. The molecule has 0 fully saturated rings. The van der Waals surface area contributed by atoms with E-state index >= 15 is 0 Å². The highest BCUT2D eigenvalue weighted by Crippen LogP contribution is 2.27. The van der Waals surface area contributed by atoms with Crippen molar-refractivity contribution in [2.45, 2.75) is 20.0 Å². The molecule has 0 saturated carbocycles. The zero-order chi connectivity index (χ0) is 21.4. The standard InChI is InChI=1S/C21H19ClN6O2/c1-11-8-15(26-21(30)19(29)13-4-3-5-14(22)9-13)6-7-16(11)28-18-17(12(2)27-28)24-10-25-20(18)23/h3-10,19,29H,1-2H3,(H,26,30)(H2,23,24,25). The van der Waals surface area contributed by atoms with Gasteiger partial charge >= 0.3 is 0 Å². The maximum atomic E-state index is 12.5. The first kappa shape index (κ1) is 19.8. The molecule has 30 heavy (non-hydrogen) atoms. The number of nitrogens with two attached hydrogens (primary N) is 1. The number of carbonyl (C=O) groups is 1. The number of amides is 1. The number of benzene rings is 2. The number of aliphatic hydroxyl groups excluding tert-OH is 1. The number of rotatable bonds is 4. The second kappa shape index (κ2) is 7.74. The highest BCUT2D eigenvalue weighted by atomic mass is 35.5. The first-order chi connectivity index (χ1) is 14.3. The Hall–Kier alpha value is -3.49. The van der Waals surface area contributed by atoms with Gasteiger partial charge in [-0.2, -0.15) is 5.10 Å². The van der Waals surface area contributed by atoms with Gasteiger partial charge in [-0.05, 0) is 55.3 Å². The number of nitrogen functional groups attached to an aromatic ring is 1. The van der Waals surface area contributed by atoms with Gasteiger partial charge in [0.25, 0.3) is 5.91 Å². The number of hydrogen-bond donors (Lipinski definition) is 3. The normalized spacial score (nSPS) is 12.1. The summed E-state index contributed by atoms with van der Waals surface area (Å²) in [7, 11) is 0. The van der Waals surface area contributed by atoms with Crippen LogP contribution >= 0.6 is 11.6 Å². The van der Waals surface area contributed by atoms with Crippen LogP contribution in [0.2, 0.25) is 5.02 Å². The Morgan fingerprint density at radius 3 is 2.73 bits per heavy atom. The van der Waals surface area contributed by atoms with Gasteiger partial charge in [0.15, 0.2) is 11.9 Å². The van der Waals surface area contributed by atoms with Crippen molar-refractivity contribution in [3.8, 4) is 5.69 Å². The number of aliphatic hydroxyl groups is 1. The average Bonchev–Trinajstić information content (AvgIpc) is 3.05. The maximum absolute atomic E-state index is 12.5. The minimum atomic E-state index is -1.33. The molecule has 4 rings (SSSR count). The third kappa shape index (κ3) is 3.58. The van der Waals surface area contributed by atoms with Gasteiger partial charge in [-0.25, -0.2) is 14.6 Å². The minimum Gasteiger partial charge on any atom is -0.382 e. The van der Waals surface area contributed by atoms with Crippen LogP contribution in [0.15, 0.2) is 48.8 Å². The van der Waals surface area contributed by atoms with E-state index in [1.165, 1.54) is 6.33 Å². The van der Waals surface area contributed by atoms with Crippen LogP contribution in [0.5, 0.6) is 0 Å². The van der Waals surface area contributed by atoms with Crippen molar-refractivity contribution in [3.05, 3.63) is 70.6 Å². The highest BCUT2D eigenvalue weighted by molar-refractivity contribution is 6.30. The monoisotopic (exact) mass is 422 g/mol. The molecule has 0 aliphatic rings. The van der Waals surface area contributed by atoms with Gasteiger partial charge in [0, 0.05) is 10.7 Å². The summed E-state index contributed by atoms with van der Waals surface area (Å²) in [6.07, 6.45) is 0.0752. The minimum absolute atomic E-state index is 0.335. The average molecular weight is 423 g/mol. The summed E-state index contributed by atoms with van der Waals surface area (Å²) in [6, 6.07) is 11.9. The molecule has 0 bridgehead atoms. The van der Waals surface area contributed by atoms with Crippen LogP contribution in [0.3, 0.4) is 0 Å². The number of carbonyl (C=O) groups excluding carboxylic acids is 1. The lowest BCUT2D eigenvalue weighted by Crippen LogP contribution is -2.21. The van der Waals surface area contributed by atoms with Gasteiger partial charge in [-0.3, -0.25) is 4.79 Å². The lowest BCUT2D eigenvalue weighted by molar-refractivity contribution is -0.124. The summed E-state index contributed by atoms with van der Waals surface area (Å²) >= 11 is 5.94. The molecule has 0 radical (unpaired) electrons. The van der Waals surface area contributed by atoms with E-state index in [0.717, 1.165) is 16.9 Å². The Bertz CT molecular complexity index is 1270. The molecule has 1 amide bonds. The van der Waals surface area contributed by atoms with Crippen molar-refractivity contribution in [3.63, 3.8) is 0 Å². The quantitative estimate of drug-likeness (QED) is 0.464. The Labute approximate surface area is 177 Å². The molecule has 2 aromatic heterocycles. The molecule has 1 atom stereocenters. The summed E-state index contributed by atoms with van der Waals surface area (Å²) in [5.41, 5.74) is 10.7. The van der Waals surface area contributed by atoms with Gasteiger partial charge < -0.3 is 16.2 Å². The Morgan fingerprint density at radius 1 is 1.20 bits per heavy atom. The van der Waals surface area contributed by atoms with Gasteiger partial charge in [-0.15, -0.1) is 0 Å². The van der Waals surface area contributed by atoms with Crippen molar-refractivity contribution in [1.29, 1.82) is 0 Å². The van der Waals surface area contributed by atoms with Crippen LogP contribution in [-0.2, 0) is 4.79 Å². The maximum Gasteiger partial charge on any atom is 0.257 e. The highest BCUT2D eigenvalue weighted by Gasteiger charge is 2.19. The van der Waals surface area contributed by atoms with Crippen LogP contribution in [0.25, 0.3) is 16.7 Å². The third-order valence-electron chi connectivity index (χ3n) is 4.76. The van der Waals surface area contributed by atoms with E-state index in [1.807, 2.05) is 19.9 Å². The molecular weight excluding hydrogens is 404 g/mol. The molecule has 0 saturated heterocycles. The van der Waals surface area contributed by atoms with Crippen molar-refractivity contribution < 1.29 is 9.90 Å². The second-order valence-electron chi connectivity index (χ2n) is 6.90. The Kier molecular flexibility index (Phi) is 5.11. The van der Waals surface area contributed by atoms with Crippen LogP contribution < -0.4 is 11.1 Å². The summed E-state index contributed by atoms with van der Waals surface area (Å²) in [6.45, 7) is 3.74. The zero-order valence-corrected chi connectivity index (χ0v) is 17.1. The van der Waals surface area contributed by atoms with E-state index < -0.39 is 12.0 Å². The van der Waals surface area contributed by atoms with E-state index in [9.17, 15) is 9.90 Å². The van der Waals surface area contributed by atoms with Crippen LogP contribution in [-0.4, -0.2) is 30.8 Å². The number of hydrogen-bond acceptors (Lipinski definition) is 6. The van der Waals surface area contributed by atoms with E-state index in [-0.39, 0.29) is 0 Å². The number of aromatic nitrogens is 4.